The van der Waals surface area contributed by atoms with E-state index >= 15 is 0 Å². The summed E-state index contributed by atoms with van der Waals surface area (Å²) in [6.45, 7) is 14.8. The summed E-state index contributed by atoms with van der Waals surface area (Å²) < 4.78 is 20.4. The predicted molar refractivity (Wildman–Crippen MR) is 103 cm³/mol. The largest absolute Gasteiger partial charge is 0.495 e. The van der Waals surface area contributed by atoms with Gasteiger partial charge in [0.05, 0.1) is 17.0 Å². The molecular formula is C20H28BNO3. The van der Waals surface area contributed by atoms with E-state index in [9.17, 15) is 0 Å². The lowest BCUT2D eigenvalue weighted by molar-refractivity contribution is 0.00578. The van der Waals surface area contributed by atoms with E-state index in [2.05, 4.69) is 63.2 Å². The molecule has 1 aromatic carbocycles. The van der Waals surface area contributed by atoms with Crippen LogP contribution in [0, 0.1) is 0 Å². The van der Waals surface area contributed by atoms with Gasteiger partial charge in [-0.05, 0) is 56.2 Å². The fraction of sp³-hybridized carbons (Fsp3) is 0.500. The standard InChI is InChI=1S/C20H28BNO3/c1-8-14(2)23-13-15-11-17(16-9-10-22(7)18(16)12-15)21-24-19(3,4)20(5,6)25-21/h9-12H,2,8,13H2,1,3-7H3. The molecule has 1 aliphatic heterocycles. The molecule has 0 atom stereocenters. The third-order valence-corrected chi connectivity index (χ3v) is 5.44. The molecule has 134 valence electrons. The van der Waals surface area contributed by atoms with Crippen molar-refractivity contribution in [2.45, 2.75) is 58.8 Å². The second-order valence-corrected chi connectivity index (χ2v) is 7.81. The van der Waals surface area contributed by atoms with Crippen molar-refractivity contribution in [3.63, 3.8) is 0 Å². The minimum Gasteiger partial charge on any atom is -0.494 e. The van der Waals surface area contributed by atoms with Crippen molar-refractivity contribution in [1.29, 1.82) is 0 Å². The van der Waals surface area contributed by atoms with Gasteiger partial charge < -0.3 is 18.6 Å². The van der Waals surface area contributed by atoms with Crippen molar-refractivity contribution in [2.24, 2.45) is 7.05 Å². The maximum absolute atomic E-state index is 6.28. The Balaban J connectivity index is 2.01. The predicted octanol–water partition coefficient (Wildman–Crippen LogP) is 3.92. The van der Waals surface area contributed by atoms with Gasteiger partial charge in [-0.25, -0.2) is 0 Å². The molecule has 0 radical (unpaired) electrons. The fourth-order valence-corrected chi connectivity index (χ4v) is 3.00. The summed E-state index contributed by atoms with van der Waals surface area (Å²) in [5.41, 5.74) is 2.57. The number of allylic oxidation sites excluding steroid dienone is 1. The van der Waals surface area contributed by atoms with Crippen molar-refractivity contribution in [2.75, 3.05) is 0 Å². The number of aryl methyl sites for hydroxylation is 1. The lowest BCUT2D eigenvalue weighted by atomic mass is 9.76. The summed E-state index contributed by atoms with van der Waals surface area (Å²) in [6.07, 6.45) is 2.88. The zero-order valence-corrected chi connectivity index (χ0v) is 16.2. The lowest BCUT2D eigenvalue weighted by Crippen LogP contribution is -2.41. The Morgan fingerprint density at radius 2 is 1.84 bits per heavy atom. The van der Waals surface area contributed by atoms with Crippen LogP contribution < -0.4 is 5.46 Å². The van der Waals surface area contributed by atoms with E-state index in [1.165, 1.54) is 0 Å². The topological polar surface area (TPSA) is 32.6 Å². The molecule has 0 saturated carbocycles. The molecule has 0 spiro atoms. The van der Waals surface area contributed by atoms with E-state index in [4.69, 9.17) is 14.0 Å². The Kier molecular flexibility index (Phi) is 4.50. The molecule has 0 bridgehead atoms. The Hall–Kier alpha value is -1.72. The zero-order chi connectivity index (χ0) is 18.4. The van der Waals surface area contributed by atoms with E-state index in [1.54, 1.807) is 0 Å². The average molecular weight is 341 g/mol. The SMILES string of the molecule is C=C(CC)OCc1cc(B2OC(C)(C)C(C)(C)O2)c2ccn(C)c2c1. The summed E-state index contributed by atoms with van der Waals surface area (Å²) in [5.74, 6) is 0.796. The van der Waals surface area contributed by atoms with Gasteiger partial charge >= 0.3 is 7.12 Å². The van der Waals surface area contributed by atoms with Crippen molar-refractivity contribution in [1.82, 2.24) is 4.57 Å². The Morgan fingerprint density at radius 1 is 1.20 bits per heavy atom. The van der Waals surface area contributed by atoms with Gasteiger partial charge in [0.2, 0.25) is 0 Å². The van der Waals surface area contributed by atoms with Gasteiger partial charge in [-0.2, -0.15) is 0 Å². The summed E-state index contributed by atoms with van der Waals surface area (Å²) >= 11 is 0. The summed E-state index contributed by atoms with van der Waals surface area (Å²) in [5, 5.41) is 1.15. The van der Waals surface area contributed by atoms with E-state index in [1.807, 2.05) is 14.0 Å². The molecule has 1 fully saturated rings. The first-order valence-corrected chi connectivity index (χ1v) is 8.88. The van der Waals surface area contributed by atoms with Gasteiger partial charge in [-0.3, -0.25) is 0 Å². The summed E-state index contributed by atoms with van der Waals surface area (Å²) in [4.78, 5) is 0. The molecule has 1 aliphatic rings. The van der Waals surface area contributed by atoms with E-state index in [-0.39, 0.29) is 18.3 Å². The molecule has 0 unspecified atom stereocenters. The van der Waals surface area contributed by atoms with Gasteiger partial charge in [-0.1, -0.05) is 19.6 Å². The maximum Gasteiger partial charge on any atom is 0.495 e. The van der Waals surface area contributed by atoms with Gasteiger partial charge in [-0.15, -0.1) is 0 Å². The Labute approximate surface area is 150 Å². The number of nitrogens with zero attached hydrogens (tertiary/aromatic N) is 1. The molecule has 0 aliphatic carbocycles. The minimum atomic E-state index is -0.385. The van der Waals surface area contributed by atoms with Crippen LogP contribution in [0.1, 0.15) is 46.6 Å². The maximum atomic E-state index is 6.28. The lowest BCUT2D eigenvalue weighted by Gasteiger charge is -2.32. The second-order valence-electron chi connectivity index (χ2n) is 7.81. The first-order chi connectivity index (χ1) is 11.6. The van der Waals surface area contributed by atoms with Crippen LogP contribution in [0.3, 0.4) is 0 Å². The van der Waals surface area contributed by atoms with Crippen LogP contribution in [0.15, 0.2) is 36.7 Å². The highest BCUT2D eigenvalue weighted by Crippen LogP contribution is 2.37. The molecule has 0 amide bonds. The molecule has 2 aromatic rings. The number of fused-ring (bicyclic) bond motifs is 1. The first kappa shape index (κ1) is 18.1. The highest BCUT2D eigenvalue weighted by molar-refractivity contribution is 6.65. The van der Waals surface area contributed by atoms with E-state index < -0.39 is 0 Å². The molecule has 25 heavy (non-hydrogen) atoms. The van der Waals surface area contributed by atoms with Crippen molar-refractivity contribution in [3.05, 3.63) is 42.3 Å². The summed E-state index contributed by atoms with van der Waals surface area (Å²) in [7, 11) is 1.66. The second kappa shape index (κ2) is 6.22. The number of aromatic nitrogens is 1. The Bertz CT molecular complexity index is 791. The third kappa shape index (κ3) is 3.23. The van der Waals surface area contributed by atoms with Crippen LogP contribution in [0.25, 0.3) is 10.9 Å². The van der Waals surface area contributed by atoms with E-state index in [0.717, 1.165) is 34.1 Å². The normalized spacial score (nSPS) is 18.7. The fourth-order valence-electron chi connectivity index (χ4n) is 3.00. The van der Waals surface area contributed by atoms with Gasteiger partial charge in [0, 0.05) is 25.2 Å². The van der Waals surface area contributed by atoms with Gasteiger partial charge in [0.1, 0.15) is 6.61 Å². The number of ether oxygens (including phenoxy) is 1. The third-order valence-electron chi connectivity index (χ3n) is 5.44. The average Bonchev–Trinajstić information content (AvgIpc) is 3.01. The minimum absolute atomic E-state index is 0.359. The molecule has 2 heterocycles. The monoisotopic (exact) mass is 341 g/mol. The first-order valence-electron chi connectivity index (χ1n) is 8.88. The molecule has 1 saturated heterocycles. The molecule has 3 rings (SSSR count). The number of hydrogen-bond acceptors (Lipinski definition) is 3. The Morgan fingerprint density at radius 3 is 2.44 bits per heavy atom. The number of hydrogen-bond donors (Lipinski definition) is 0. The number of rotatable bonds is 5. The van der Waals surface area contributed by atoms with Crippen LogP contribution in [0.5, 0.6) is 0 Å². The molecule has 1 aromatic heterocycles. The van der Waals surface area contributed by atoms with Gasteiger partial charge in [0.25, 0.3) is 0 Å². The summed E-state index contributed by atoms with van der Waals surface area (Å²) in [6, 6.07) is 6.41. The van der Waals surface area contributed by atoms with Crippen LogP contribution in [0.4, 0.5) is 0 Å². The quantitative estimate of drug-likeness (QED) is 0.610. The molecule has 4 nitrogen and oxygen atoms in total. The van der Waals surface area contributed by atoms with Crippen LogP contribution >= 0.6 is 0 Å². The van der Waals surface area contributed by atoms with Crippen molar-refractivity contribution >= 4 is 23.5 Å². The number of benzene rings is 1. The molecule has 0 N–H and O–H groups in total. The highest BCUT2D eigenvalue weighted by atomic mass is 16.7. The van der Waals surface area contributed by atoms with Crippen LogP contribution in [-0.2, 0) is 27.7 Å². The molecule has 5 heteroatoms. The van der Waals surface area contributed by atoms with E-state index in [0.29, 0.717) is 6.61 Å². The molecular weight excluding hydrogens is 313 g/mol. The van der Waals surface area contributed by atoms with Crippen molar-refractivity contribution < 1.29 is 14.0 Å². The smallest absolute Gasteiger partial charge is 0.494 e. The zero-order valence-electron chi connectivity index (χ0n) is 16.2. The van der Waals surface area contributed by atoms with Crippen LogP contribution in [-0.4, -0.2) is 22.9 Å². The highest BCUT2D eigenvalue weighted by Gasteiger charge is 2.52. The van der Waals surface area contributed by atoms with Crippen molar-refractivity contribution in [3.8, 4) is 0 Å². The van der Waals surface area contributed by atoms with Gasteiger partial charge in [0.15, 0.2) is 0 Å². The van der Waals surface area contributed by atoms with Crippen LogP contribution in [0.2, 0.25) is 0 Å².